The van der Waals surface area contributed by atoms with Crippen molar-refractivity contribution in [3.63, 3.8) is 0 Å². The van der Waals surface area contributed by atoms with Gasteiger partial charge < -0.3 is 10.6 Å². The molecule has 0 aliphatic rings. The van der Waals surface area contributed by atoms with E-state index in [2.05, 4.69) is 20.6 Å². The van der Waals surface area contributed by atoms with Crippen molar-refractivity contribution < 1.29 is 13.2 Å². The Morgan fingerprint density at radius 3 is 2.35 bits per heavy atom. The number of aliphatic imine (C=N–C) groups is 1. The number of aryl methyl sites for hydroxylation is 1. The summed E-state index contributed by atoms with van der Waals surface area (Å²) in [6, 6.07) is 10.8. The molecule has 0 atom stereocenters. The number of pyridine rings is 1. The Kier molecular flexibility index (Phi) is 8.83. The number of aromatic nitrogens is 1. The summed E-state index contributed by atoms with van der Waals surface area (Å²) in [5.41, 5.74) is 1.88. The summed E-state index contributed by atoms with van der Waals surface area (Å²) < 4.78 is 37.7. The van der Waals surface area contributed by atoms with E-state index in [1.807, 2.05) is 32.0 Å². The van der Waals surface area contributed by atoms with E-state index in [-0.39, 0.29) is 30.5 Å². The molecule has 1 aromatic heterocycles. The number of nitrogens with one attached hydrogen (secondary N) is 2. The van der Waals surface area contributed by atoms with Crippen LogP contribution in [0, 0.1) is 6.92 Å². The third kappa shape index (κ3) is 7.19. The number of benzene rings is 1. The number of alkyl halides is 3. The van der Waals surface area contributed by atoms with Gasteiger partial charge in [0.25, 0.3) is 0 Å². The molecule has 0 saturated heterocycles. The van der Waals surface area contributed by atoms with Gasteiger partial charge in [-0.15, -0.1) is 24.0 Å². The molecule has 2 rings (SSSR count). The molecule has 1 aromatic carbocycles. The minimum atomic E-state index is -4.32. The third-order valence-electron chi connectivity index (χ3n) is 3.43. The van der Waals surface area contributed by atoms with Crippen LogP contribution in [0.1, 0.15) is 29.4 Å². The van der Waals surface area contributed by atoms with E-state index in [9.17, 15) is 13.2 Å². The molecule has 0 fully saturated rings. The van der Waals surface area contributed by atoms with Gasteiger partial charge in [0.1, 0.15) is 0 Å². The Morgan fingerprint density at radius 2 is 1.77 bits per heavy atom. The quantitative estimate of drug-likeness (QED) is 0.383. The predicted octanol–water partition coefficient (Wildman–Crippen LogP) is 4.28. The standard InChI is InChI=1S/C18H21F3N4.HI/c1-3-22-17(24-12-16-6-4-5-13(2)25-16)23-11-14-7-9-15(10-8-14)18(19,20)21;/h4-10H,3,11-12H2,1-2H3,(H2,22,23,24);1H. The van der Waals surface area contributed by atoms with Crippen molar-refractivity contribution in [2.75, 3.05) is 6.54 Å². The van der Waals surface area contributed by atoms with Gasteiger partial charge in [-0.1, -0.05) is 18.2 Å². The summed E-state index contributed by atoms with van der Waals surface area (Å²) in [5, 5.41) is 6.27. The zero-order chi connectivity index (χ0) is 18.3. The summed E-state index contributed by atoms with van der Waals surface area (Å²) in [6.07, 6.45) is -4.32. The van der Waals surface area contributed by atoms with Crippen molar-refractivity contribution in [2.24, 2.45) is 4.99 Å². The van der Waals surface area contributed by atoms with Crippen LogP contribution in [0.5, 0.6) is 0 Å². The molecular weight excluding hydrogens is 456 g/mol. The van der Waals surface area contributed by atoms with Crippen LogP contribution >= 0.6 is 24.0 Å². The van der Waals surface area contributed by atoms with E-state index in [0.29, 0.717) is 24.6 Å². The molecule has 142 valence electrons. The molecule has 0 amide bonds. The lowest BCUT2D eigenvalue weighted by atomic mass is 10.1. The first-order valence-electron chi connectivity index (χ1n) is 7.99. The Labute approximate surface area is 168 Å². The number of hydrogen-bond acceptors (Lipinski definition) is 2. The average molecular weight is 478 g/mol. The first-order valence-corrected chi connectivity index (χ1v) is 7.99. The van der Waals surface area contributed by atoms with Crippen molar-refractivity contribution in [3.05, 3.63) is 65.0 Å². The molecule has 26 heavy (non-hydrogen) atoms. The molecule has 0 bridgehead atoms. The van der Waals surface area contributed by atoms with Crippen LogP contribution < -0.4 is 10.6 Å². The fraction of sp³-hybridized carbons (Fsp3) is 0.333. The molecule has 0 aliphatic heterocycles. The molecule has 8 heteroatoms. The Morgan fingerprint density at radius 1 is 1.08 bits per heavy atom. The normalized spacial score (nSPS) is 11.7. The highest BCUT2D eigenvalue weighted by molar-refractivity contribution is 14.0. The lowest BCUT2D eigenvalue weighted by Crippen LogP contribution is -2.37. The van der Waals surface area contributed by atoms with Crippen LogP contribution in [0.15, 0.2) is 47.5 Å². The minimum Gasteiger partial charge on any atom is -0.357 e. The SMILES string of the molecule is CCNC(=NCc1ccc(C(F)(F)F)cc1)NCc1cccc(C)n1.I. The van der Waals surface area contributed by atoms with E-state index < -0.39 is 11.7 Å². The van der Waals surface area contributed by atoms with Crippen LogP contribution in [0.25, 0.3) is 0 Å². The monoisotopic (exact) mass is 478 g/mol. The van der Waals surface area contributed by atoms with E-state index in [4.69, 9.17) is 0 Å². The number of hydrogen-bond donors (Lipinski definition) is 2. The molecule has 0 radical (unpaired) electrons. The van der Waals surface area contributed by atoms with Gasteiger partial charge in [0.2, 0.25) is 0 Å². The third-order valence-corrected chi connectivity index (χ3v) is 3.43. The number of nitrogens with zero attached hydrogens (tertiary/aromatic N) is 2. The van der Waals surface area contributed by atoms with E-state index in [1.165, 1.54) is 12.1 Å². The fourth-order valence-electron chi connectivity index (χ4n) is 2.18. The lowest BCUT2D eigenvalue weighted by Gasteiger charge is -2.11. The zero-order valence-electron chi connectivity index (χ0n) is 14.6. The second kappa shape index (κ2) is 10.3. The van der Waals surface area contributed by atoms with Crippen molar-refractivity contribution in [3.8, 4) is 0 Å². The predicted molar refractivity (Wildman–Crippen MR) is 107 cm³/mol. The summed E-state index contributed by atoms with van der Waals surface area (Å²) in [6.45, 7) is 5.35. The largest absolute Gasteiger partial charge is 0.416 e. The second-order valence-corrected chi connectivity index (χ2v) is 5.51. The molecule has 0 saturated carbocycles. The van der Waals surface area contributed by atoms with Crippen molar-refractivity contribution in [1.29, 1.82) is 0 Å². The fourth-order valence-corrected chi connectivity index (χ4v) is 2.18. The van der Waals surface area contributed by atoms with Crippen LogP contribution in [-0.4, -0.2) is 17.5 Å². The molecule has 0 aliphatic carbocycles. The zero-order valence-corrected chi connectivity index (χ0v) is 16.9. The number of rotatable bonds is 5. The van der Waals surface area contributed by atoms with Gasteiger partial charge in [-0.2, -0.15) is 13.2 Å². The van der Waals surface area contributed by atoms with Crippen LogP contribution in [0.4, 0.5) is 13.2 Å². The lowest BCUT2D eigenvalue weighted by molar-refractivity contribution is -0.137. The summed E-state index contributed by atoms with van der Waals surface area (Å²) in [7, 11) is 0. The molecule has 4 nitrogen and oxygen atoms in total. The molecule has 1 heterocycles. The maximum Gasteiger partial charge on any atom is 0.416 e. The maximum atomic E-state index is 12.6. The van der Waals surface area contributed by atoms with Crippen molar-refractivity contribution >= 4 is 29.9 Å². The average Bonchev–Trinajstić information content (AvgIpc) is 2.57. The maximum absolute atomic E-state index is 12.6. The van der Waals surface area contributed by atoms with Gasteiger partial charge in [-0.05, 0) is 43.7 Å². The second-order valence-electron chi connectivity index (χ2n) is 5.51. The van der Waals surface area contributed by atoms with Gasteiger partial charge in [0.15, 0.2) is 5.96 Å². The molecule has 2 N–H and O–H groups in total. The van der Waals surface area contributed by atoms with Crippen LogP contribution in [0.2, 0.25) is 0 Å². The highest BCUT2D eigenvalue weighted by Gasteiger charge is 2.29. The molecule has 0 spiro atoms. The van der Waals surface area contributed by atoms with Crippen molar-refractivity contribution in [1.82, 2.24) is 15.6 Å². The minimum absolute atomic E-state index is 0. The van der Waals surface area contributed by atoms with Gasteiger partial charge in [-0.3, -0.25) is 4.98 Å². The Bertz CT molecular complexity index is 715. The Balaban J connectivity index is 0.00000338. The smallest absolute Gasteiger partial charge is 0.357 e. The summed E-state index contributed by atoms with van der Waals surface area (Å²) >= 11 is 0. The van der Waals surface area contributed by atoms with E-state index in [0.717, 1.165) is 23.5 Å². The summed E-state index contributed by atoms with van der Waals surface area (Å²) in [4.78, 5) is 8.80. The molecule has 0 unspecified atom stereocenters. The molecular formula is C18H22F3IN4. The van der Waals surface area contributed by atoms with Crippen LogP contribution in [0.3, 0.4) is 0 Å². The topological polar surface area (TPSA) is 49.3 Å². The Hall–Kier alpha value is -1.84. The van der Waals surface area contributed by atoms with Crippen LogP contribution in [-0.2, 0) is 19.3 Å². The highest BCUT2D eigenvalue weighted by Crippen LogP contribution is 2.29. The van der Waals surface area contributed by atoms with Gasteiger partial charge >= 0.3 is 6.18 Å². The summed E-state index contributed by atoms with van der Waals surface area (Å²) in [5.74, 6) is 0.589. The van der Waals surface area contributed by atoms with Gasteiger partial charge in [-0.25, -0.2) is 4.99 Å². The van der Waals surface area contributed by atoms with Gasteiger partial charge in [0, 0.05) is 12.2 Å². The first-order chi connectivity index (χ1) is 11.9. The van der Waals surface area contributed by atoms with Gasteiger partial charge in [0.05, 0.1) is 24.3 Å². The first kappa shape index (κ1) is 22.2. The number of halogens is 4. The molecule has 2 aromatic rings. The number of guanidine groups is 1. The van der Waals surface area contributed by atoms with E-state index >= 15 is 0 Å². The van der Waals surface area contributed by atoms with E-state index in [1.54, 1.807) is 0 Å². The highest BCUT2D eigenvalue weighted by atomic mass is 127. The van der Waals surface area contributed by atoms with Crippen molar-refractivity contribution in [2.45, 2.75) is 33.1 Å².